The number of nitrogens with one attached hydrogen (secondary N) is 2. The number of hydrogen-bond acceptors (Lipinski definition) is 8. The number of cyclic esters (lactones) is 2. The second kappa shape index (κ2) is 10.5. The predicted octanol–water partition coefficient (Wildman–Crippen LogP) is 3.56. The van der Waals surface area contributed by atoms with Crippen molar-refractivity contribution < 1.29 is 28.6 Å². The van der Waals surface area contributed by atoms with Crippen LogP contribution in [0.3, 0.4) is 0 Å². The van der Waals surface area contributed by atoms with Crippen LogP contribution in [0.25, 0.3) is 0 Å². The summed E-state index contributed by atoms with van der Waals surface area (Å²) in [5.74, 6) is -2.31. The zero-order valence-corrected chi connectivity index (χ0v) is 20.6. The van der Waals surface area contributed by atoms with Crippen LogP contribution < -0.4 is 10.6 Å². The number of rotatable bonds is 6. The van der Waals surface area contributed by atoms with Gasteiger partial charge >= 0.3 is 18.0 Å². The monoisotopic (exact) mass is 473 g/mol. The Balaban J connectivity index is 1.44. The molecule has 2 aliphatic heterocycles. The van der Waals surface area contributed by atoms with E-state index >= 15 is 0 Å². The summed E-state index contributed by atoms with van der Waals surface area (Å²) >= 11 is 0. The molecule has 2 fully saturated rings. The van der Waals surface area contributed by atoms with E-state index in [1.807, 2.05) is 45.0 Å². The molecule has 9 nitrogen and oxygen atoms in total. The normalized spacial score (nSPS) is 20.3. The predicted molar refractivity (Wildman–Crippen MR) is 127 cm³/mol. The van der Waals surface area contributed by atoms with Crippen molar-refractivity contribution in [3.05, 3.63) is 41.6 Å². The smallest absolute Gasteiger partial charge is 0.410 e. The number of hydrogen-bond donors (Lipinski definition) is 2. The highest BCUT2D eigenvalue weighted by atomic mass is 16.7. The van der Waals surface area contributed by atoms with Gasteiger partial charge in [-0.25, -0.2) is 14.4 Å². The van der Waals surface area contributed by atoms with Gasteiger partial charge in [-0.15, -0.1) is 0 Å². The van der Waals surface area contributed by atoms with Gasteiger partial charge in [0, 0.05) is 45.4 Å². The van der Waals surface area contributed by atoms with Crippen molar-refractivity contribution in [2.24, 2.45) is 5.92 Å². The largest absolute Gasteiger partial charge is 0.444 e. The Bertz CT molecular complexity index is 911. The van der Waals surface area contributed by atoms with Gasteiger partial charge in [0.1, 0.15) is 5.60 Å². The molecule has 1 aromatic carbocycles. The Morgan fingerprint density at radius 3 is 2.44 bits per heavy atom. The lowest BCUT2D eigenvalue weighted by atomic mass is 9.98. The van der Waals surface area contributed by atoms with Crippen LogP contribution in [0.1, 0.15) is 53.0 Å². The van der Waals surface area contributed by atoms with E-state index in [1.54, 1.807) is 4.90 Å². The van der Waals surface area contributed by atoms with Gasteiger partial charge in [-0.05, 0) is 63.8 Å². The van der Waals surface area contributed by atoms with Gasteiger partial charge in [0.15, 0.2) is 5.57 Å². The fourth-order valence-electron chi connectivity index (χ4n) is 3.80. The van der Waals surface area contributed by atoms with Crippen LogP contribution in [0.5, 0.6) is 0 Å². The van der Waals surface area contributed by atoms with Gasteiger partial charge in [0.05, 0.1) is 0 Å². The third-order valence-electron chi connectivity index (χ3n) is 5.39. The minimum atomic E-state index is -1.26. The van der Waals surface area contributed by atoms with Gasteiger partial charge in [0.2, 0.25) is 0 Å². The molecule has 1 atom stereocenters. The first kappa shape index (κ1) is 25.6. The van der Waals surface area contributed by atoms with E-state index in [0.717, 1.165) is 37.2 Å². The second-order valence-corrected chi connectivity index (χ2v) is 10.1. The summed E-state index contributed by atoms with van der Waals surface area (Å²) in [5.41, 5.74) is 1.15. The summed E-state index contributed by atoms with van der Waals surface area (Å²) in [6.45, 7) is 11.6. The van der Waals surface area contributed by atoms with Crippen molar-refractivity contribution in [1.29, 1.82) is 0 Å². The molecule has 9 heteroatoms. The van der Waals surface area contributed by atoms with E-state index in [-0.39, 0.29) is 11.7 Å². The van der Waals surface area contributed by atoms with E-state index in [2.05, 4.69) is 10.6 Å². The average Bonchev–Trinajstić information content (AvgIpc) is 2.72. The molecule has 2 N–H and O–H groups in total. The first-order valence-corrected chi connectivity index (χ1v) is 11.6. The summed E-state index contributed by atoms with van der Waals surface area (Å²) in [6, 6.07) is 7.65. The average molecular weight is 474 g/mol. The lowest BCUT2D eigenvalue weighted by Gasteiger charge is -2.34. The molecule has 0 radical (unpaired) electrons. The highest BCUT2D eigenvalue weighted by Crippen LogP contribution is 2.23. The van der Waals surface area contributed by atoms with E-state index in [9.17, 15) is 14.4 Å². The van der Waals surface area contributed by atoms with Crippen LogP contribution in [0.2, 0.25) is 0 Å². The van der Waals surface area contributed by atoms with E-state index in [4.69, 9.17) is 14.2 Å². The molecule has 0 spiro atoms. The summed E-state index contributed by atoms with van der Waals surface area (Å²) in [6.07, 6.45) is 3.10. The zero-order valence-electron chi connectivity index (χ0n) is 20.6. The molecule has 2 saturated heterocycles. The van der Waals surface area contributed by atoms with Crippen molar-refractivity contribution in [2.45, 2.75) is 65.4 Å². The summed E-state index contributed by atoms with van der Waals surface area (Å²) in [4.78, 5) is 38.1. The van der Waals surface area contributed by atoms with Crippen LogP contribution in [0.4, 0.5) is 10.5 Å². The SMILES string of the molecule is CC(C)(C)OC(=O)N1CCCC(CNCc2ccc(NC=C3C(=O)OC(C)(C)OC3=O)cc2)C1. The molecule has 1 amide bonds. The number of amides is 1. The van der Waals surface area contributed by atoms with Gasteiger partial charge in [0.25, 0.3) is 5.79 Å². The lowest BCUT2D eigenvalue weighted by molar-refractivity contribution is -0.222. The van der Waals surface area contributed by atoms with E-state index in [1.165, 1.54) is 20.0 Å². The Morgan fingerprint density at radius 1 is 1.18 bits per heavy atom. The molecule has 34 heavy (non-hydrogen) atoms. The lowest BCUT2D eigenvalue weighted by Crippen LogP contribution is -2.44. The molecular formula is C25H35N3O6. The molecule has 1 unspecified atom stereocenters. The number of esters is 2. The van der Waals surface area contributed by atoms with Gasteiger partial charge in [-0.2, -0.15) is 0 Å². The molecule has 2 heterocycles. The maximum atomic E-state index is 12.3. The fourth-order valence-corrected chi connectivity index (χ4v) is 3.80. The number of nitrogens with zero attached hydrogens (tertiary/aromatic N) is 1. The highest BCUT2D eigenvalue weighted by molar-refractivity contribution is 6.15. The number of ether oxygens (including phenoxy) is 3. The minimum Gasteiger partial charge on any atom is -0.444 e. The molecular weight excluding hydrogens is 438 g/mol. The van der Waals surface area contributed by atoms with Crippen LogP contribution in [0, 0.1) is 5.92 Å². The molecule has 1 aromatic rings. The summed E-state index contributed by atoms with van der Waals surface area (Å²) in [7, 11) is 0. The van der Waals surface area contributed by atoms with Crippen molar-refractivity contribution in [3.8, 4) is 0 Å². The van der Waals surface area contributed by atoms with E-state index in [0.29, 0.717) is 19.0 Å². The first-order valence-electron chi connectivity index (χ1n) is 11.6. The third kappa shape index (κ3) is 7.48. The maximum Gasteiger partial charge on any atom is 0.410 e. The molecule has 0 aromatic heterocycles. The van der Waals surface area contributed by atoms with Crippen LogP contribution in [0.15, 0.2) is 36.0 Å². The quantitative estimate of drug-likeness (QED) is 0.367. The van der Waals surface area contributed by atoms with Gasteiger partial charge in [-0.1, -0.05) is 12.1 Å². The Labute approximate surface area is 200 Å². The first-order chi connectivity index (χ1) is 15.9. The number of benzene rings is 1. The number of piperidine rings is 1. The van der Waals surface area contributed by atoms with Gasteiger partial charge in [-0.3, -0.25) is 0 Å². The number of carbonyl (C=O) groups excluding carboxylic acids is 3. The minimum absolute atomic E-state index is 0.182. The summed E-state index contributed by atoms with van der Waals surface area (Å²) in [5, 5.41) is 6.40. The molecule has 3 rings (SSSR count). The Kier molecular flexibility index (Phi) is 7.86. The number of likely N-dealkylation sites (tertiary alicyclic amines) is 1. The fraction of sp³-hybridized carbons (Fsp3) is 0.560. The third-order valence-corrected chi connectivity index (χ3v) is 5.39. The van der Waals surface area contributed by atoms with Crippen molar-refractivity contribution in [3.63, 3.8) is 0 Å². The topological polar surface area (TPSA) is 106 Å². The highest BCUT2D eigenvalue weighted by Gasteiger charge is 2.39. The van der Waals surface area contributed by atoms with Gasteiger partial charge < -0.3 is 29.7 Å². The van der Waals surface area contributed by atoms with Crippen molar-refractivity contribution in [2.75, 3.05) is 25.0 Å². The number of carbonyl (C=O) groups is 3. The second-order valence-electron chi connectivity index (χ2n) is 10.1. The number of anilines is 1. The van der Waals surface area contributed by atoms with Crippen molar-refractivity contribution in [1.82, 2.24) is 10.2 Å². The zero-order chi connectivity index (χ0) is 24.9. The molecule has 2 aliphatic rings. The maximum absolute atomic E-state index is 12.3. The molecule has 186 valence electrons. The molecule has 0 saturated carbocycles. The van der Waals surface area contributed by atoms with Crippen LogP contribution in [-0.4, -0.2) is 54.0 Å². The van der Waals surface area contributed by atoms with E-state index < -0.39 is 23.3 Å². The Hall–Kier alpha value is -3.07. The van der Waals surface area contributed by atoms with Crippen LogP contribution >= 0.6 is 0 Å². The Morgan fingerprint density at radius 2 is 1.82 bits per heavy atom. The molecule has 0 bridgehead atoms. The summed E-state index contributed by atoms with van der Waals surface area (Å²) < 4.78 is 15.6. The molecule has 0 aliphatic carbocycles. The standard InChI is InChI=1S/C25H35N3O6/c1-24(2,3)34-23(31)28-12-6-7-18(16-28)14-26-13-17-8-10-19(11-9-17)27-15-20-21(29)32-25(4,5)33-22(20)30/h8-11,15,18,26-27H,6-7,12-14,16H2,1-5H3. The van der Waals surface area contributed by atoms with Crippen molar-refractivity contribution >= 4 is 23.7 Å². The van der Waals surface area contributed by atoms with Crippen LogP contribution in [-0.2, 0) is 30.3 Å².